The largest absolute Gasteiger partial charge is 0.466 e. The van der Waals surface area contributed by atoms with Gasteiger partial charge in [-0.2, -0.15) is 5.26 Å². The van der Waals surface area contributed by atoms with Crippen molar-refractivity contribution in [2.75, 3.05) is 43.7 Å². The average Bonchev–Trinajstić information content (AvgIpc) is 3.00. The first-order valence-corrected chi connectivity index (χ1v) is 13.1. The Bertz CT molecular complexity index is 1440. The summed E-state index contributed by atoms with van der Waals surface area (Å²) < 4.78 is 31.2. The molecule has 0 saturated carbocycles. The topological polar surface area (TPSA) is 135 Å². The van der Waals surface area contributed by atoms with Crippen LogP contribution in [0.5, 0.6) is 0 Å². The molecule has 1 atom stereocenters. The van der Waals surface area contributed by atoms with E-state index in [9.17, 15) is 19.6 Å². The quantitative estimate of drug-likeness (QED) is 0.395. The van der Waals surface area contributed by atoms with Crippen molar-refractivity contribution < 1.29 is 33.0 Å². The molecule has 2 aromatic carbocycles. The van der Waals surface area contributed by atoms with Crippen LogP contribution in [0, 0.1) is 23.1 Å². The predicted octanol–water partition coefficient (Wildman–Crippen LogP) is 3.50. The fourth-order valence-corrected chi connectivity index (χ4v) is 5.34. The number of piperidine rings is 1. The molecule has 0 aromatic heterocycles. The van der Waals surface area contributed by atoms with E-state index < -0.39 is 23.7 Å². The fourth-order valence-electron chi connectivity index (χ4n) is 5.34. The molecule has 10 nitrogen and oxygen atoms in total. The van der Waals surface area contributed by atoms with Crippen molar-refractivity contribution in [2.45, 2.75) is 25.7 Å². The molecule has 0 amide bonds. The molecule has 11 heteroatoms. The maximum Gasteiger partial charge on any atom is 0.355 e. The second-order valence-corrected chi connectivity index (χ2v) is 9.46. The number of hydrogen-bond donors (Lipinski definition) is 1. The van der Waals surface area contributed by atoms with E-state index in [1.807, 2.05) is 4.90 Å². The van der Waals surface area contributed by atoms with Gasteiger partial charge in [0.2, 0.25) is 0 Å². The lowest BCUT2D eigenvalue weighted by Gasteiger charge is -2.39. The molecule has 2 aromatic rings. The zero-order chi connectivity index (χ0) is 29.7. The molecule has 0 bridgehead atoms. The van der Waals surface area contributed by atoms with Gasteiger partial charge in [-0.25, -0.2) is 14.0 Å². The summed E-state index contributed by atoms with van der Waals surface area (Å²) in [5.74, 6) is -4.51. The van der Waals surface area contributed by atoms with Crippen molar-refractivity contribution in [2.24, 2.45) is 11.7 Å². The van der Waals surface area contributed by atoms with Crippen LogP contribution in [0.15, 0.2) is 71.2 Å². The Morgan fingerprint density at radius 3 is 2.27 bits per heavy atom. The number of ether oxygens (including phenoxy) is 3. The summed E-state index contributed by atoms with van der Waals surface area (Å²) in [6.45, 7) is 2.80. The van der Waals surface area contributed by atoms with Gasteiger partial charge < -0.3 is 24.8 Å². The Kier molecular flexibility index (Phi) is 8.92. The van der Waals surface area contributed by atoms with Gasteiger partial charge in [0.15, 0.2) is 0 Å². The molecule has 0 radical (unpaired) electrons. The second-order valence-electron chi connectivity index (χ2n) is 9.46. The molecule has 2 N–H and O–H groups in total. The molecule has 4 rings (SSSR count). The highest BCUT2D eigenvalue weighted by molar-refractivity contribution is 6.07. The monoisotopic (exact) mass is 562 g/mol. The molecular weight excluding hydrogens is 531 g/mol. The highest BCUT2D eigenvalue weighted by atomic mass is 19.1. The number of carbonyl (C=O) groups excluding carboxylic acids is 3. The number of nitriles is 1. The summed E-state index contributed by atoms with van der Waals surface area (Å²) >= 11 is 0. The number of anilines is 2. The Labute approximate surface area is 237 Å². The number of esters is 3. The van der Waals surface area contributed by atoms with Gasteiger partial charge in [-0.3, -0.25) is 9.69 Å². The van der Waals surface area contributed by atoms with Crippen LogP contribution >= 0.6 is 0 Å². The van der Waals surface area contributed by atoms with Gasteiger partial charge in [-0.05, 0) is 37.5 Å². The minimum atomic E-state index is -1.07. The van der Waals surface area contributed by atoms with Gasteiger partial charge in [0.05, 0.1) is 55.6 Å². The maximum absolute atomic E-state index is 15.9. The van der Waals surface area contributed by atoms with Crippen LogP contribution in [0.3, 0.4) is 0 Å². The highest BCUT2D eigenvalue weighted by Crippen LogP contribution is 2.46. The molecular formula is C30H31FN4O6. The van der Waals surface area contributed by atoms with E-state index in [0.29, 0.717) is 37.2 Å². The Balaban J connectivity index is 1.93. The van der Waals surface area contributed by atoms with E-state index >= 15 is 4.39 Å². The molecule has 1 unspecified atom stereocenters. The van der Waals surface area contributed by atoms with E-state index in [-0.39, 0.29) is 46.8 Å². The number of methoxy groups -OCH3 is 2. The zero-order valence-electron chi connectivity index (χ0n) is 23.1. The van der Waals surface area contributed by atoms with Gasteiger partial charge in [0, 0.05) is 13.1 Å². The number of para-hydroxylation sites is 1. The molecule has 41 heavy (non-hydrogen) atoms. The van der Waals surface area contributed by atoms with Crippen LogP contribution in [0.2, 0.25) is 0 Å². The summed E-state index contributed by atoms with van der Waals surface area (Å²) in [6.07, 6.45) is 0.930. The molecule has 0 spiro atoms. The van der Waals surface area contributed by atoms with Crippen molar-refractivity contribution in [3.05, 3.63) is 82.6 Å². The van der Waals surface area contributed by atoms with E-state index in [4.69, 9.17) is 19.9 Å². The first-order chi connectivity index (χ1) is 19.8. The lowest BCUT2D eigenvalue weighted by atomic mass is 9.81. The Morgan fingerprint density at radius 2 is 1.68 bits per heavy atom. The van der Waals surface area contributed by atoms with Crippen LogP contribution in [0.1, 0.15) is 31.2 Å². The number of nitrogens with two attached hydrogens (primary N) is 1. The maximum atomic E-state index is 15.9. The van der Waals surface area contributed by atoms with Crippen LogP contribution < -0.4 is 15.5 Å². The lowest BCUT2D eigenvalue weighted by molar-refractivity contribution is -0.148. The fraction of sp³-hybridized carbons (Fsp3) is 0.333. The van der Waals surface area contributed by atoms with Crippen LogP contribution in [0.4, 0.5) is 15.8 Å². The third kappa shape index (κ3) is 5.45. The van der Waals surface area contributed by atoms with E-state index in [1.54, 1.807) is 43.3 Å². The SMILES string of the molecule is CCOC(=O)C1CCN(c2cccc(F)c2N2C(N)=C(C#N)C(c3ccccc3)C(C(=O)OC)=C2C(=O)OC)CC1. The molecule has 0 aliphatic carbocycles. The van der Waals surface area contributed by atoms with Crippen molar-refractivity contribution in [1.82, 2.24) is 0 Å². The van der Waals surface area contributed by atoms with Gasteiger partial charge in [-0.1, -0.05) is 36.4 Å². The number of carbonyl (C=O) groups is 3. The first-order valence-electron chi connectivity index (χ1n) is 13.1. The number of nitrogens with zero attached hydrogens (tertiary/aromatic N) is 3. The average molecular weight is 563 g/mol. The predicted molar refractivity (Wildman–Crippen MR) is 148 cm³/mol. The Hall–Kier alpha value is -4.85. The van der Waals surface area contributed by atoms with Gasteiger partial charge in [-0.15, -0.1) is 0 Å². The molecule has 2 heterocycles. The van der Waals surface area contributed by atoms with Crippen LogP contribution in [-0.4, -0.2) is 51.8 Å². The summed E-state index contributed by atoms with van der Waals surface area (Å²) in [7, 11) is 2.27. The van der Waals surface area contributed by atoms with Crippen molar-refractivity contribution in [1.29, 1.82) is 5.26 Å². The van der Waals surface area contributed by atoms with Gasteiger partial charge >= 0.3 is 17.9 Å². The van der Waals surface area contributed by atoms with Crippen molar-refractivity contribution in [3.8, 4) is 6.07 Å². The number of rotatable bonds is 7. The molecule has 2 aliphatic rings. The summed E-state index contributed by atoms with van der Waals surface area (Å²) in [4.78, 5) is 41.9. The van der Waals surface area contributed by atoms with Crippen molar-refractivity contribution in [3.63, 3.8) is 0 Å². The standard InChI is InChI=1S/C30H31FN4O6/c1-4-41-28(36)19-13-15-34(16-14-19)22-12-8-11-21(31)25(22)35-26(30(38)40-3)24(29(37)39-2)23(20(17-32)27(35)33)18-9-6-5-7-10-18/h5-12,19,23H,4,13-16,33H2,1-3H3. The number of benzene rings is 2. The Morgan fingerprint density at radius 1 is 1.02 bits per heavy atom. The minimum absolute atomic E-state index is 0.0699. The molecule has 214 valence electrons. The van der Waals surface area contributed by atoms with E-state index in [2.05, 4.69) is 6.07 Å². The lowest BCUT2D eigenvalue weighted by Crippen LogP contribution is -2.43. The zero-order valence-corrected chi connectivity index (χ0v) is 23.1. The van der Waals surface area contributed by atoms with Gasteiger partial charge in [0.25, 0.3) is 0 Å². The molecule has 1 fully saturated rings. The highest BCUT2D eigenvalue weighted by Gasteiger charge is 2.44. The normalized spacial score (nSPS) is 17.7. The second kappa shape index (κ2) is 12.6. The third-order valence-electron chi connectivity index (χ3n) is 7.26. The van der Waals surface area contributed by atoms with E-state index in [0.717, 1.165) is 19.1 Å². The smallest absolute Gasteiger partial charge is 0.355 e. The van der Waals surface area contributed by atoms with Crippen LogP contribution in [0.25, 0.3) is 0 Å². The summed E-state index contributed by atoms with van der Waals surface area (Å²) in [5, 5.41) is 10.3. The number of allylic oxidation sites excluding steroid dienone is 1. The van der Waals surface area contributed by atoms with Gasteiger partial charge in [0.1, 0.15) is 23.0 Å². The number of halogens is 1. The molecule has 1 saturated heterocycles. The molecule has 2 aliphatic heterocycles. The summed E-state index contributed by atoms with van der Waals surface area (Å²) in [5.41, 5.74) is 6.66. The number of hydrogen-bond acceptors (Lipinski definition) is 10. The van der Waals surface area contributed by atoms with Crippen LogP contribution in [-0.2, 0) is 28.6 Å². The minimum Gasteiger partial charge on any atom is -0.466 e. The van der Waals surface area contributed by atoms with E-state index in [1.165, 1.54) is 12.1 Å². The third-order valence-corrected chi connectivity index (χ3v) is 7.26. The van der Waals surface area contributed by atoms with Crippen molar-refractivity contribution >= 4 is 29.3 Å². The first kappa shape index (κ1) is 29.1. The summed E-state index contributed by atoms with van der Waals surface area (Å²) in [6, 6.07) is 15.0.